The highest BCUT2D eigenvalue weighted by molar-refractivity contribution is 7.10. The zero-order chi connectivity index (χ0) is 14.0. The minimum atomic E-state index is 0.635. The van der Waals surface area contributed by atoms with Gasteiger partial charge in [0.25, 0.3) is 0 Å². The van der Waals surface area contributed by atoms with Gasteiger partial charge in [-0.25, -0.2) is 0 Å². The fraction of sp³-hybridized carbons (Fsp3) is 0.750. The Morgan fingerprint density at radius 2 is 2.05 bits per heavy atom. The summed E-state index contributed by atoms with van der Waals surface area (Å²) < 4.78 is 0. The van der Waals surface area contributed by atoms with Crippen molar-refractivity contribution in [3.63, 3.8) is 0 Å². The van der Waals surface area contributed by atoms with Crippen LogP contribution in [0.25, 0.3) is 0 Å². The largest absolute Gasteiger partial charge is 0.311 e. The van der Waals surface area contributed by atoms with E-state index >= 15 is 0 Å². The maximum atomic E-state index is 3.74. The van der Waals surface area contributed by atoms with Gasteiger partial charge in [-0.05, 0) is 35.8 Å². The highest BCUT2D eigenvalue weighted by atomic mass is 32.1. The lowest BCUT2D eigenvalue weighted by molar-refractivity contribution is 0.0791. The average molecular weight is 280 g/mol. The number of piperazine rings is 1. The van der Waals surface area contributed by atoms with Crippen molar-refractivity contribution in [1.29, 1.82) is 0 Å². The molecular weight excluding hydrogens is 252 g/mol. The van der Waals surface area contributed by atoms with Gasteiger partial charge in [0.2, 0.25) is 0 Å². The number of aryl methyl sites for hydroxylation is 1. The van der Waals surface area contributed by atoms with Crippen LogP contribution in [0.3, 0.4) is 0 Å². The summed E-state index contributed by atoms with van der Waals surface area (Å²) in [5, 5.41) is 5.96. The molecule has 108 valence electrons. The summed E-state index contributed by atoms with van der Waals surface area (Å²) in [5.74, 6) is 1.42. The van der Waals surface area contributed by atoms with Crippen molar-refractivity contribution >= 4 is 11.3 Å². The minimum Gasteiger partial charge on any atom is -0.311 e. The fourth-order valence-corrected chi connectivity index (χ4v) is 3.82. The molecule has 0 bridgehead atoms. The molecule has 19 heavy (non-hydrogen) atoms. The molecule has 1 N–H and O–H groups in total. The summed E-state index contributed by atoms with van der Waals surface area (Å²) in [5.41, 5.74) is 1.45. The molecule has 1 aliphatic rings. The lowest BCUT2D eigenvalue weighted by atomic mass is 9.94. The van der Waals surface area contributed by atoms with Crippen LogP contribution in [0.1, 0.15) is 38.1 Å². The van der Waals surface area contributed by atoms with Gasteiger partial charge in [-0.1, -0.05) is 27.7 Å². The number of hydrogen-bond donors (Lipinski definition) is 1. The molecule has 0 amide bonds. The van der Waals surface area contributed by atoms with Gasteiger partial charge in [-0.3, -0.25) is 4.90 Å². The molecule has 2 heterocycles. The topological polar surface area (TPSA) is 15.3 Å². The van der Waals surface area contributed by atoms with Crippen molar-refractivity contribution < 1.29 is 0 Å². The van der Waals surface area contributed by atoms with Crippen LogP contribution in [0, 0.1) is 18.8 Å². The molecule has 0 spiro atoms. The molecule has 2 unspecified atom stereocenters. The maximum Gasteiger partial charge on any atom is 0.0334 e. The Kier molecular flexibility index (Phi) is 5.04. The van der Waals surface area contributed by atoms with Crippen molar-refractivity contribution in [1.82, 2.24) is 10.2 Å². The number of thiophene rings is 1. The maximum absolute atomic E-state index is 3.74. The number of hydrogen-bond acceptors (Lipinski definition) is 3. The van der Waals surface area contributed by atoms with E-state index in [9.17, 15) is 0 Å². The predicted molar refractivity (Wildman–Crippen MR) is 84.7 cm³/mol. The SMILES string of the molecule is Cc1ccsc1CN1CC(C(C)C)NCC1C(C)C. The van der Waals surface area contributed by atoms with E-state index in [1.54, 1.807) is 0 Å². The summed E-state index contributed by atoms with van der Waals surface area (Å²) in [4.78, 5) is 4.24. The molecule has 2 nitrogen and oxygen atoms in total. The summed E-state index contributed by atoms with van der Waals surface area (Å²) >= 11 is 1.90. The van der Waals surface area contributed by atoms with Gasteiger partial charge in [0.1, 0.15) is 0 Å². The molecule has 3 heteroatoms. The van der Waals surface area contributed by atoms with Gasteiger partial charge in [0, 0.05) is 36.6 Å². The Labute approximate surface area is 122 Å². The van der Waals surface area contributed by atoms with Gasteiger partial charge in [0.15, 0.2) is 0 Å². The van der Waals surface area contributed by atoms with Crippen LogP contribution in [-0.4, -0.2) is 30.1 Å². The molecule has 1 aliphatic heterocycles. The first-order chi connectivity index (χ1) is 8.99. The molecule has 1 aromatic rings. The van der Waals surface area contributed by atoms with Gasteiger partial charge >= 0.3 is 0 Å². The van der Waals surface area contributed by atoms with Gasteiger partial charge in [-0.15, -0.1) is 11.3 Å². The van der Waals surface area contributed by atoms with Crippen LogP contribution in [0.4, 0.5) is 0 Å². The summed E-state index contributed by atoms with van der Waals surface area (Å²) in [6.07, 6.45) is 0. The predicted octanol–water partition coefficient (Wildman–Crippen LogP) is 3.51. The van der Waals surface area contributed by atoms with Gasteiger partial charge < -0.3 is 5.32 Å². The van der Waals surface area contributed by atoms with E-state index in [1.165, 1.54) is 17.0 Å². The second kappa shape index (κ2) is 6.38. The zero-order valence-corrected chi connectivity index (χ0v) is 13.8. The van der Waals surface area contributed by atoms with Crippen LogP contribution >= 0.6 is 11.3 Å². The monoisotopic (exact) mass is 280 g/mol. The minimum absolute atomic E-state index is 0.635. The molecular formula is C16H28N2S. The van der Waals surface area contributed by atoms with Crippen LogP contribution in [0.15, 0.2) is 11.4 Å². The summed E-state index contributed by atoms with van der Waals surface area (Å²) in [6.45, 7) is 15.0. The van der Waals surface area contributed by atoms with E-state index in [2.05, 4.69) is 56.3 Å². The first-order valence-electron chi connectivity index (χ1n) is 7.49. The van der Waals surface area contributed by atoms with E-state index in [0.717, 1.165) is 13.1 Å². The van der Waals surface area contributed by atoms with E-state index in [4.69, 9.17) is 0 Å². The van der Waals surface area contributed by atoms with Crippen LogP contribution < -0.4 is 5.32 Å². The molecule has 1 aromatic heterocycles. The standard InChI is InChI=1S/C16H28N2S/c1-11(2)14-9-18(15(8-17-14)12(3)4)10-16-13(5)6-7-19-16/h6-7,11-12,14-15,17H,8-10H2,1-5H3. The number of nitrogens with one attached hydrogen (secondary N) is 1. The highest BCUT2D eigenvalue weighted by Crippen LogP contribution is 2.24. The smallest absolute Gasteiger partial charge is 0.0334 e. The third-order valence-corrected chi connectivity index (χ3v) is 5.39. The van der Waals surface area contributed by atoms with Crippen molar-refractivity contribution in [3.05, 3.63) is 21.9 Å². The Bertz CT molecular complexity index is 397. The van der Waals surface area contributed by atoms with Crippen LogP contribution in [-0.2, 0) is 6.54 Å². The van der Waals surface area contributed by atoms with Crippen LogP contribution in [0.2, 0.25) is 0 Å². The van der Waals surface area contributed by atoms with E-state index in [-0.39, 0.29) is 0 Å². The lowest BCUT2D eigenvalue weighted by Crippen LogP contribution is -2.59. The van der Waals surface area contributed by atoms with Crippen molar-refractivity contribution in [2.45, 2.75) is 53.2 Å². The lowest BCUT2D eigenvalue weighted by Gasteiger charge is -2.43. The van der Waals surface area contributed by atoms with Crippen molar-refractivity contribution in [2.75, 3.05) is 13.1 Å². The first kappa shape index (κ1) is 15.0. The molecule has 0 radical (unpaired) electrons. The summed E-state index contributed by atoms with van der Waals surface area (Å²) in [7, 11) is 0. The average Bonchev–Trinajstić information content (AvgIpc) is 2.74. The van der Waals surface area contributed by atoms with E-state index in [0.29, 0.717) is 23.9 Å². The Morgan fingerprint density at radius 3 is 2.58 bits per heavy atom. The number of rotatable bonds is 4. The van der Waals surface area contributed by atoms with Gasteiger partial charge in [0.05, 0.1) is 0 Å². The molecule has 2 atom stereocenters. The van der Waals surface area contributed by atoms with E-state index in [1.807, 2.05) is 11.3 Å². The normalized spacial score (nSPS) is 25.4. The molecule has 0 saturated carbocycles. The quantitative estimate of drug-likeness (QED) is 0.908. The Morgan fingerprint density at radius 1 is 1.32 bits per heavy atom. The fourth-order valence-electron chi connectivity index (χ4n) is 2.89. The molecule has 2 rings (SSSR count). The second-order valence-electron chi connectivity index (χ2n) is 6.53. The van der Waals surface area contributed by atoms with Crippen LogP contribution in [0.5, 0.6) is 0 Å². The molecule has 0 aliphatic carbocycles. The Hall–Kier alpha value is -0.380. The van der Waals surface area contributed by atoms with Crippen molar-refractivity contribution in [3.8, 4) is 0 Å². The second-order valence-corrected chi connectivity index (χ2v) is 7.53. The third-order valence-electron chi connectivity index (χ3n) is 4.38. The highest BCUT2D eigenvalue weighted by Gasteiger charge is 2.31. The zero-order valence-electron chi connectivity index (χ0n) is 12.9. The molecule has 1 saturated heterocycles. The van der Waals surface area contributed by atoms with Crippen molar-refractivity contribution in [2.24, 2.45) is 11.8 Å². The molecule has 1 fully saturated rings. The third kappa shape index (κ3) is 3.59. The Balaban J connectivity index is 2.09. The summed E-state index contributed by atoms with van der Waals surface area (Å²) in [6, 6.07) is 3.54. The number of nitrogens with zero attached hydrogens (tertiary/aromatic N) is 1. The van der Waals surface area contributed by atoms with Gasteiger partial charge in [-0.2, -0.15) is 0 Å². The van der Waals surface area contributed by atoms with E-state index < -0.39 is 0 Å². The molecule has 0 aromatic carbocycles. The first-order valence-corrected chi connectivity index (χ1v) is 8.37.